The summed E-state index contributed by atoms with van der Waals surface area (Å²) in [4.78, 5) is 4.31. The molecule has 3 rings (SSSR count). The number of nitrogens with zero attached hydrogens (tertiary/aromatic N) is 2. The highest BCUT2D eigenvalue weighted by Crippen LogP contribution is 2.38. The van der Waals surface area contributed by atoms with E-state index in [1.165, 1.54) is 32.1 Å². The van der Waals surface area contributed by atoms with Gasteiger partial charge in [-0.2, -0.15) is 4.98 Å². The first-order chi connectivity index (χ1) is 6.92. The second-order valence-corrected chi connectivity index (χ2v) is 4.41. The van der Waals surface area contributed by atoms with Crippen molar-refractivity contribution in [3.8, 4) is 0 Å². The Balaban J connectivity index is 1.54. The van der Waals surface area contributed by atoms with E-state index in [1.54, 1.807) is 0 Å². The summed E-state index contributed by atoms with van der Waals surface area (Å²) < 4.78 is 5.11. The zero-order valence-electron chi connectivity index (χ0n) is 8.20. The summed E-state index contributed by atoms with van der Waals surface area (Å²) in [7, 11) is 0. The quantitative estimate of drug-likeness (QED) is 0.796. The molecule has 0 bridgehead atoms. The molecule has 2 aliphatic carbocycles. The first-order valence-corrected chi connectivity index (χ1v) is 5.49. The van der Waals surface area contributed by atoms with Crippen LogP contribution in [0.4, 0.5) is 6.01 Å². The minimum Gasteiger partial charge on any atom is -0.337 e. The Labute approximate surface area is 83.1 Å². The number of rotatable bonds is 4. The highest BCUT2D eigenvalue weighted by Gasteiger charge is 2.28. The van der Waals surface area contributed by atoms with Gasteiger partial charge in [-0.25, -0.2) is 0 Å². The van der Waals surface area contributed by atoms with Crippen LogP contribution in [-0.4, -0.2) is 16.7 Å². The lowest BCUT2D eigenvalue weighted by atomic mass is 9.85. The molecule has 2 saturated carbocycles. The van der Waals surface area contributed by atoms with Crippen LogP contribution in [0, 0.1) is 5.92 Å². The normalized spacial score (nSPS) is 22.0. The molecule has 2 aliphatic rings. The van der Waals surface area contributed by atoms with Crippen LogP contribution in [0.5, 0.6) is 0 Å². The molecule has 0 aromatic carbocycles. The minimum atomic E-state index is 0.581. The van der Waals surface area contributed by atoms with Crippen LogP contribution < -0.4 is 5.32 Å². The van der Waals surface area contributed by atoms with Gasteiger partial charge in [0.2, 0.25) is 0 Å². The molecule has 2 fully saturated rings. The van der Waals surface area contributed by atoms with E-state index in [4.69, 9.17) is 4.52 Å². The lowest BCUT2D eigenvalue weighted by Gasteiger charge is -2.24. The Bertz CT molecular complexity index is 315. The van der Waals surface area contributed by atoms with E-state index in [2.05, 4.69) is 15.5 Å². The van der Waals surface area contributed by atoms with Crippen LogP contribution in [0.25, 0.3) is 0 Å². The van der Waals surface area contributed by atoms with Crippen LogP contribution in [-0.2, 0) is 0 Å². The third-order valence-electron chi connectivity index (χ3n) is 3.15. The minimum absolute atomic E-state index is 0.581. The van der Waals surface area contributed by atoms with Crippen molar-refractivity contribution < 1.29 is 4.52 Å². The molecule has 0 unspecified atom stereocenters. The molecule has 1 heterocycles. The average Bonchev–Trinajstić information content (AvgIpc) is 2.85. The molecular formula is C10H15N3O. The first kappa shape index (κ1) is 8.26. The third kappa shape index (κ3) is 1.61. The second kappa shape index (κ2) is 3.26. The van der Waals surface area contributed by atoms with E-state index >= 15 is 0 Å². The molecule has 14 heavy (non-hydrogen) atoms. The van der Waals surface area contributed by atoms with Gasteiger partial charge in [0.05, 0.1) is 0 Å². The number of nitrogens with one attached hydrogen (secondary N) is 1. The SMILES string of the molecule is C1CC(CNc2nc(C3CC3)no2)C1. The molecule has 76 valence electrons. The Kier molecular flexibility index (Phi) is 1.92. The summed E-state index contributed by atoms with van der Waals surface area (Å²) in [6, 6.07) is 0.610. The number of hydrogen-bond acceptors (Lipinski definition) is 4. The fraction of sp³-hybridized carbons (Fsp3) is 0.800. The predicted octanol–water partition coefficient (Wildman–Crippen LogP) is 2.16. The maximum Gasteiger partial charge on any atom is 0.321 e. The molecule has 4 nitrogen and oxygen atoms in total. The average molecular weight is 193 g/mol. The number of aromatic nitrogens is 2. The fourth-order valence-corrected chi connectivity index (χ4v) is 1.74. The van der Waals surface area contributed by atoms with Crippen LogP contribution >= 0.6 is 0 Å². The summed E-state index contributed by atoms with van der Waals surface area (Å²) in [5.74, 6) is 2.30. The van der Waals surface area contributed by atoms with E-state index in [9.17, 15) is 0 Å². The van der Waals surface area contributed by atoms with Gasteiger partial charge >= 0.3 is 6.01 Å². The van der Waals surface area contributed by atoms with Crippen LogP contribution in [0.2, 0.25) is 0 Å². The summed E-state index contributed by atoms with van der Waals surface area (Å²) >= 11 is 0. The van der Waals surface area contributed by atoms with Gasteiger partial charge in [0, 0.05) is 12.5 Å². The molecule has 0 spiro atoms. The Hall–Kier alpha value is -1.06. The summed E-state index contributed by atoms with van der Waals surface area (Å²) in [5.41, 5.74) is 0. The predicted molar refractivity (Wildman–Crippen MR) is 52.1 cm³/mol. The highest BCUT2D eigenvalue weighted by molar-refractivity contribution is 5.20. The first-order valence-electron chi connectivity index (χ1n) is 5.49. The summed E-state index contributed by atoms with van der Waals surface area (Å²) in [6.45, 7) is 0.992. The van der Waals surface area contributed by atoms with Gasteiger partial charge in [-0.3, -0.25) is 0 Å². The van der Waals surface area contributed by atoms with Gasteiger partial charge in [0.25, 0.3) is 0 Å². The third-order valence-corrected chi connectivity index (χ3v) is 3.15. The zero-order valence-corrected chi connectivity index (χ0v) is 8.20. The van der Waals surface area contributed by atoms with E-state index in [-0.39, 0.29) is 0 Å². The molecule has 0 radical (unpaired) electrons. The van der Waals surface area contributed by atoms with Crippen molar-refractivity contribution in [2.45, 2.75) is 38.0 Å². The van der Waals surface area contributed by atoms with Crippen molar-refractivity contribution in [3.63, 3.8) is 0 Å². The second-order valence-electron chi connectivity index (χ2n) is 4.41. The van der Waals surface area contributed by atoms with Gasteiger partial charge in [-0.05, 0) is 31.6 Å². The monoisotopic (exact) mass is 193 g/mol. The molecule has 0 saturated heterocycles. The molecule has 4 heteroatoms. The number of hydrogen-bond donors (Lipinski definition) is 1. The van der Waals surface area contributed by atoms with Crippen molar-refractivity contribution in [2.75, 3.05) is 11.9 Å². The molecular weight excluding hydrogens is 178 g/mol. The molecule has 1 aromatic heterocycles. The van der Waals surface area contributed by atoms with E-state index in [0.29, 0.717) is 11.9 Å². The van der Waals surface area contributed by atoms with Gasteiger partial charge in [-0.1, -0.05) is 11.6 Å². The van der Waals surface area contributed by atoms with E-state index in [1.807, 2.05) is 0 Å². The van der Waals surface area contributed by atoms with Crippen LogP contribution in [0.3, 0.4) is 0 Å². The highest BCUT2D eigenvalue weighted by atomic mass is 16.5. The summed E-state index contributed by atoms with van der Waals surface area (Å²) in [5, 5.41) is 7.16. The van der Waals surface area contributed by atoms with Gasteiger partial charge in [0.15, 0.2) is 5.82 Å². The lowest BCUT2D eigenvalue weighted by Crippen LogP contribution is -2.20. The maximum absolute atomic E-state index is 5.11. The van der Waals surface area contributed by atoms with Gasteiger partial charge < -0.3 is 9.84 Å². The Morgan fingerprint density at radius 1 is 1.29 bits per heavy atom. The molecule has 0 amide bonds. The van der Waals surface area contributed by atoms with Gasteiger partial charge in [-0.15, -0.1) is 0 Å². The summed E-state index contributed by atoms with van der Waals surface area (Å²) in [6.07, 6.45) is 6.51. The maximum atomic E-state index is 5.11. The molecule has 0 aliphatic heterocycles. The van der Waals surface area contributed by atoms with E-state index in [0.717, 1.165) is 18.3 Å². The smallest absolute Gasteiger partial charge is 0.321 e. The fourth-order valence-electron chi connectivity index (χ4n) is 1.74. The van der Waals surface area contributed by atoms with E-state index < -0.39 is 0 Å². The van der Waals surface area contributed by atoms with Crippen molar-refractivity contribution in [1.29, 1.82) is 0 Å². The molecule has 0 atom stereocenters. The molecule has 1 N–H and O–H groups in total. The van der Waals surface area contributed by atoms with Crippen LogP contribution in [0.1, 0.15) is 43.8 Å². The number of anilines is 1. The van der Waals surface area contributed by atoms with Crippen molar-refractivity contribution >= 4 is 6.01 Å². The Morgan fingerprint density at radius 3 is 2.79 bits per heavy atom. The van der Waals surface area contributed by atoms with Crippen molar-refractivity contribution in [2.24, 2.45) is 5.92 Å². The Morgan fingerprint density at radius 2 is 2.14 bits per heavy atom. The standard InChI is InChI=1S/C10H15N3O/c1-2-7(3-1)6-11-10-12-9(13-14-10)8-4-5-8/h7-8H,1-6H2,(H,11,12,13). The largest absolute Gasteiger partial charge is 0.337 e. The lowest BCUT2D eigenvalue weighted by molar-refractivity contribution is 0.328. The molecule has 1 aromatic rings. The van der Waals surface area contributed by atoms with Crippen molar-refractivity contribution in [3.05, 3.63) is 5.82 Å². The van der Waals surface area contributed by atoms with Gasteiger partial charge in [0.1, 0.15) is 0 Å². The topological polar surface area (TPSA) is 51.0 Å². The zero-order chi connectivity index (χ0) is 9.38. The van der Waals surface area contributed by atoms with Crippen LogP contribution in [0.15, 0.2) is 4.52 Å². The van der Waals surface area contributed by atoms with Crippen molar-refractivity contribution in [1.82, 2.24) is 10.1 Å².